The number of aliphatic hydroxyl groups excluding tert-OH is 1. The molecule has 1 aliphatic rings. The number of amides is 1. The Bertz CT molecular complexity index is 548. The van der Waals surface area contributed by atoms with Crippen LogP contribution in [0.15, 0.2) is 30.3 Å². The van der Waals surface area contributed by atoms with Crippen molar-refractivity contribution in [3.8, 4) is 0 Å². The second-order valence-corrected chi connectivity index (χ2v) is 5.54. The molecule has 1 aromatic rings. The topological polar surface area (TPSA) is 92.5 Å². The summed E-state index contributed by atoms with van der Waals surface area (Å²) in [5.41, 5.74) is 0.721. The number of hydrogen-bond acceptors (Lipinski definition) is 4. The number of nitrogens with zero attached hydrogens (tertiary/aromatic N) is 1. The lowest BCUT2D eigenvalue weighted by Gasteiger charge is -2.17. The minimum Gasteiger partial charge on any atom is -0.391 e. The Morgan fingerprint density at radius 1 is 1.36 bits per heavy atom. The summed E-state index contributed by atoms with van der Waals surface area (Å²) in [5, 5.41) is 23.2. The molecule has 1 aliphatic carbocycles. The highest BCUT2D eigenvalue weighted by Crippen LogP contribution is 2.27. The molecular formula is C16H20N2O4. The van der Waals surface area contributed by atoms with Gasteiger partial charge in [0.05, 0.1) is 11.0 Å². The van der Waals surface area contributed by atoms with Crippen molar-refractivity contribution in [3.05, 3.63) is 46.0 Å². The third-order valence-corrected chi connectivity index (χ3v) is 3.96. The Hall–Kier alpha value is -2.21. The molecule has 1 fully saturated rings. The van der Waals surface area contributed by atoms with Crippen molar-refractivity contribution >= 4 is 17.7 Å². The van der Waals surface area contributed by atoms with Gasteiger partial charge >= 0.3 is 0 Å². The van der Waals surface area contributed by atoms with E-state index in [9.17, 15) is 20.0 Å². The van der Waals surface area contributed by atoms with Crippen LogP contribution in [-0.4, -0.2) is 28.6 Å². The molecule has 118 valence electrons. The fraction of sp³-hybridized carbons (Fsp3) is 0.438. The minimum absolute atomic E-state index is 0.0151. The maximum absolute atomic E-state index is 11.7. The first-order chi connectivity index (χ1) is 10.6. The van der Waals surface area contributed by atoms with Gasteiger partial charge in [0.1, 0.15) is 0 Å². The van der Waals surface area contributed by atoms with Gasteiger partial charge in [-0.2, -0.15) is 0 Å². The summed E-state index contributed by atoms with van der Waals surface area (Å²) in [6.45, 7) is 0.258. The zero-order valence-corrected chi connectivity index (χ0v) is 12.3. The SMILES string of the molecule is O=C(/C=C/c1ccc([N+](=O)[O-])cc1)NCC(O)C1CCCC1. The van der Waals surface area contributed by atoms with Crippen molar-refractivity contribution in [1.82, 2.24) is 5.32 Å². The van der Waals surface area contributed by atoms with Crippen molar-refractivity contribution < 1.29 is 14.8 Å². The predicted octanol–water partition coefficient (Wildman–Crippen LogP) is 2.28. The molecule has 0 saturated heterocycles. The van der Waals surface area contributed by atoms with Crippen molar-refractivity contribution in [2.24, 2.45) is 5.92 Å². The fourth-order valence-electron chi connectivity index (χ4n) is 2.65. The summed E-state index contributed by atoms with van der Waals surface area (Å²) in [7, 11) is 0. The fourth-order valence-corrected chi connectivity index (χ4v) is 2.65. The third-order valence-electron chi connectivity index (χ3n) is 3.96. The van der Waals surface area contributed by atoms with Crippen LogP contribution in [-0.2, 0) is 4.79 Å². The Morgan fingerprint density at radius 2 is 2.00 bits per heavy atom. The van der Waals surface area contributed by atoms with Gasteiger partial charge in [-0.05, 0) is 42.5 Å². The minimum atomic E-state index is -0.487. The Kier molecular flexibility index (Phi) is 5.66. The van der Waals surface area contributed by atoms with E-state index in [-0.39, 0.29) is 18.1 Å². The maximum atomic E-state index is 11.7. The van der Waals surface area contributed by atoms with Crippen molar-refractivity contribution in [2.45, 2.75) is 31.8 Å². The highest BCUT2D eigenvalue weighted by Gasteiger charge is 2.22. The second-order valence-electron chi connectivity index (χ2n) is 5.54. The summed E-state index contributed by atoms with van der Waals surface area (Å²) >= 11 is 0. The molecule has 1 saturated carbocycles. The van der Waals surface area contributed by atoms with Crippen LogP contribution in [0.25, 0.3) is 6.08 Å². The van der Waals surface area contributed by atoms with Crippen LogP contribution in [0.4, 0.5) is 5.69 Å². The monoisotopic (exact) mass is 304 g/mol. The number of rotatable bonds is 6. The van der Waals surface area contributed by atoms with Crippen molar-refractivity contribution in [3.63, 3.8) is 0 Å². The van der Waals surface area contributed by atoms with Crippen LogP contribution < -0.4 is 5.32 Å². The molecule has 2 N–H and O–H groups in total. The first-order valence-corrected chi connectivity index (χ1v) is 7.44. The van der Waals surface area contributed by atoms with E-state index in [4.69, 9.17) is 0 Å². The molecule has 1 aromatic carbocycles. The number of hydrogen-bond donors (Lipinski definition) is 2. The highest BCUT2D eigenvalue weighted by molar-refractivity contribution is 5.91. The lowest BCUT2D eigenvalue weighted by atomic mass is 10.0. The summed E-state index contributed by atoms with van der Waals surface area (Å²) in [4.78, 5) is 21.8. The number of nitrogens with one attached hydrogen (secondary N) is 1. The van der Waals surface area contributed by atoms with E-state index in [0.29, 0.717) is 11.5 Å². The van der Waals surface area contributed by atoms with Crippen LogP contribution in [0, 0.1) is 16.0 Å². The van der Waals surface area contributed by atoms with Gasteiger partial charge in [-0.25, -0.2) is 0 Å². The molecule has 1 atom stereocenters. The highest BCUT2D eigenvalue weighted by atomic mass is 16.6. The lowest BCUT2D eigenvalue weighted by Crippen LogP contribution is -2.34. The van der Waals surface area contributed by atoms with E-state index in [1.807, 2.05) is 0 Å². The Labute approximate surface area is 129 Å². The van der Waals surface area contributed by atoms with E-state index in [1.54, 1.807) is 18.2 Å². The average molecular weight is 304 g/mol. The van der Waals surface area contributed by atoms with Gasteiger partial charge in [0, 0.05) is 24.8 Å². The molecule has 6 nitrogen and oxygen atoms in total. The maximum Gasteiger partial charge on any atom is 0.269 e. The van der Waals surface area contributed by atoms with Gasteiger partial charge in [-0.1, -0.05) is 12.8 Å². The largest absolute Gasteiger partial charge is 0.391 e. The molecule has 0 aromatic heterocycles. The van der Waals surface area contributed by atoms with E-state index in [0.717, 1.165) is 25.7 Å². The molecular weight excluding hydrogens is 284 g/mol. The number of nitro benzene ring substituents is 1. The number of benzene rings is 1. The number of nitro groups is 1. The van der Waals surface area contributed by atoms with Crippen molar-refractivity contribution in [2.75, 3.05) is 6.54 Å². The molecule has 0 spiro atoms. The zero-order valence-electron chi connectivity index (χ0n) is 12.3. The lowest BCUT2D eigenvalue weighted by molar-refractivity contribution is -0.384. The first kappa shape index (κ1) is 16.2. The van der Waals surface area contributed by atoms with Crippen LogP contribution >= 0.6 is 0 Å². The van der Waals surface area contributed by atoms with Gasteiger partial charge in [0.15, 0.2) is 0 Å². The summed E-state index contributed by atoms with van der Waals surface area (Å²) < 4.78 is 0. The molecule has 0 aliphatic heterocycles. The van der Waals surface area contributed by atoms with Gasteiger partial charge < -0.3 is 10.4 Å². The van der Waals surface area contributed by atoms with Gasteiger partial charge in [-0.3, -0.25) is 14.9 Å². The standard InChI is InChI=1S/C16H20N2O4/c19-15(13-3-1-2-4-13)11-17-16(20)10-7-12-5-8-14(9-6-12)18(21)22/h5-10,13,15,19H,1-4,11H2,(H,17,20)/b10-7+. The zero-order chi connectivity index (χ0) is 15.9. The molecule has 0 heterocycles. The summed E-state index contributed by atoms with van der Waals surface area (Å²) in [6.07, 6.45) is 6.81. The van der Waals surface area contributed by atoms with Crippen molar-refractivity contribution in [1.29, 1.82) is 0 Å². The number of carbonyl (C=O) groups excluding carboxylic acids is 1. The smallest absolute Gasteiger partial charge is 0.269 e. The predicted molar refractivity (Wildman–Crippen MR) is 83.1 cm³/mol. The second kappa shape index (κ2) is 7.70. The number of aliphatic hydroxyl groups is 1. The quantitative estimate of drug-likeness (QED) is 0.479. The molecule has 2 rings (SSSR count). The summed E-state index contributed by atoms with van der Waals surface area (Å²) in [6, 6.07) is 5.94. The third kappa shape index (κ3) is 4.66. The normalized spacial score (nSPS) is 16.8. The van der Waals surface area contributed by atoms with E-state index < -0.39 is 11.0 Å². The first-order valence-electron chi connectivity index (χ1n) is 7.44. The molecule has 6 heteroatoms. The van der Waals surface area contributed by atoms with Crippen LogP contribution in [0.2, 0.25) is 0 Å². The van der Waals surface area contributed by atoms with E-state index in [2.05, 4.69) is 5.32 Å². The van der Waals surface area contributed by atoms with E-state index in [1.165, 1.54) is 18.2 Å². The number of non-ortho nitro benzene ring substituents is 1. The summed E-state index contributed by atoms with van der Waals surface area (Å²) in [5.74, 6) is 0.00866. The van der Waals surface area contributed by atoms with Crippen LogP contribution in [0.1, 0.15) is 31.2 Å². The molecule has 0 radical (unpaired) electrons. The Balaban J connectivity index is 1.79. The van der Waals surface area contributed by atoms with Crippen LogP contribution in [0.3, 0.4) is 0 Å². The molecule has 1 unspecified atom stereocenters. The average Bonchev–Trinajstić information content (AvgIpc) is 3.05. The van der Waals surface area contributed by atoms with Gasteiger partial charge in [0.25, 0.3) is 5.69 Å². The number of carbonyl (C=O) groups is 1. The van der Waals surface area contributed by atoms with Gasteiger partial charge in [-0.15, -0.1) is 0 Å². The van der Waals surface area contributed by atoms with E-state index >= 15 is 0 Å². The van der Waals surface area contributed by atoms with Gasteiger partial charge in [0.2, 0.25) is 5.91 Å². The molecule has 22 heavy (non-hydrogen) atoms. The Morgan fingerprint density at radius 3 is 2.59 bits per heavy atom. The molecule has 1 amide bonds. The van der Waals surface area contributed by atoms with Crippen LogP contribution in [0.5, 0.6) is 0 Å². The molecule has 0 bridgehead atoms.